The van der Waals surface area contributed by atoms with Crippen molar-refractivity contribution >= 4 is 17.7 Å². The summed E-state index contributed by atoms with van der Waals surface area (Å²) in [5.74, 6) is 0.888. The number of hydrogen-bond acceptors (Lipinski definition) is 5. The third kappa shape index (κ3) is 4.17. The van der Waals surface area contributed by atoms with Crippen LogP contribution in [0.1, 0.15) is 31.2 Å². The van der Waals surface area contributed by atoms with Gasteiger partial charge in [-0.05, 0) is 12.8 Å². The molecule has 1 aliphatic heterocycles. The average molecular weight is 260 g/mol. The second-order valence-corrected chi connectivity index (χ2v) is 4.36. The third-order valence-electron chi connectivity index (χ3n) is 2.86. The molecule has 1 N–H and O–H groups in total. The van der Waals surface area contributed by atoms with Crippen molar-refractivity contribution in [2.75, 3.05) is 6.54 Å². The maximum absolute atomic E-state index is 10.6. The zero-order valence-electron chi connectivity index (χ0n) is 10.6. The fourth-order valence-electron chi connectivity index (χ4n) is 1.87. The Bertz CT molecular complexity index is 511. The number of rotatable bonds is 3. The molecule has 100 valence electrons. The van der Waals surface area contributed by atoms with Crippen molar-refractivity contribution in [2.45, 2.75) is 25.7 Å². The molecule has 0 saturated carbocycles. The Hall–Kier alpha value is -2.24. The van der Waals surface area contributed by atoms with Gasteiger partial charge in [0.15, 0.2) is 0 Å². The highest BCUT2D eigenvalue weighted by Crippen LogP contribution is 2.11. The van der Waals surface area contributed by atoms with E-state index in [2.05, 4.69) is 15.5 Å². The largest absolute Gasteiger partial charge is 0.271 e. The van der Waals surface area contributed by atoms with Crippen LogP contribution in [0.25, 0.3) is 0 Å². The lowest BCUT2D eigenvalue weighted by atomic mass is 10.2. The predicted octanol–water partition coefficient (Wildman–Crippen LogP) is 2.49. The molecule has 0 amide bonds. The minimum absolute atomic E-state index is 0.0655. The summed E-state index contributed by atoms with van der Waals surface area (Å²) in [4.78, 5) is 14.6. The molecule has 6 heteroatoms. The van der Waals surface area contributed by atoms with Crippen molar-refractivity contribution < 1.29 is 4.92 Å². The molecule has 0 unspecified atom stereocenters. The molecule has 1 heterocycles. The smallest absolute Gasteiger partial charge is 0.270 e. The standard InChI is InChI=1S/C13H16N4O2/c18-17(19)12-6-4-5-11(9-12)10-15-16-13-7-2-1-3-8-14-13/h4-6,9-10H,1-3,7-8H2,(H,14,16)/b15-10+. The van der Waals surface area contributed by atoms with E-state index >= 15 is 0 Å². The minimum Gasteiger partial charge on any atom is -0.271 e. The third-order valence-corrected chi connectivity index (χ3v) is 2.86. The normalized spacial score (nSPS) is 15.9. The first-order chi connectivity index (χ1) is 9.25. The molecule has 6 nitrogen and oxygen atoms in total. The molecular weight excluding hydrogens is 244 g/mol. The van der Waals surface area contributed by atoms with E-state index in [4.69, 9.17) is 0 Å². The van der Waals surface area contributed by atoms with Crippen molar-refractivity contribution in [2.24, 2.45) is 10.1 Å². The Labute approximate surface area is 111 Å². The van der Waals surface area contributed by atoms with Crippen molar-refractivity contribution in [3.8, 4) is 0 Å². The van der Waals surface area contributed by atoms with Gasteiger partial charge in [0, 0.05) is 30.7 Å². The molecule has 0 fully saturated rings. The van der Waals surface area contributed by atoms with E-state index in [1.165, 1.54) is 18.6 Å². The molecule has 0 atom stereocenters. The van der Waals surface area contributed by atoms with Gasteiger partial charge in [-0.25, -0.2) is 0 Å². The van der Waals surface area contributed by atoms with Gasteiger partial charge in [0.2, 0.25) is 0 Å². The Balaban J connectivity index is 1.96. The number of nitrogens with one attached hydrogen (secondary N) is 1. The number of amidine groups is 1. The van der Waals surface area contributed by atoms with Crippen LogP contribution in [0.15, 0.2) is 34.4 Å². The Kier molecular flexibility index (Phi) is 4.60. The van der Waals surface area contributed by atoms with Gasteiger partial charge in [0.1, 0.15) is 5.84 Å². The molecule has 0 aliphatic carbocycles. The highest BCUT2D eigenvalue weighted by atomic mass is 16.6. The summed E-state index contributed by atoms with van der Waals surface area (Å²) in [6, 6.07) is 6.36. The number of nitro benzene ring substituents is 1. The summed E-state index contributed by atoms with van der Waals surface area (Å²) in [7, 11) is 0. The van der Waals surface area contributed by atoms with Crippen LogP contribution < -0.4 is 5.43 Å². The first-order valence-corrected chi connectivity index (χ1v) is 6.32. The van der Waals surface area contributed by atoms with E-state index in [0.29, 0.717) is 5.56 Å². The average Bonchev–Trinajstić information content (AvgIpc) is 2.68. The molecule has 0 bridgehead atoms. The zero-order valence-corrected chi connectivity index (χ0v) is 10.6. The maximum atomic E-state index is 10.6. The van der Waals surface area contributed by atoms with Crippen molar-refractivity contribution in [1.29, 1.82) is 0 Å². The first kappa shape index (κ1) is 13.2. The van der Waals surface area contributed by atoms with E-state index in [0.717, 1.165) is 31.6 Å². The first-order valence-electron chi connectivity index (χ1n) is 6.32. The molecule has 1 aliphatic rings. The van der Waals surface area contributed by atoms with Crippen molar-refractivity contribution in [1.82, 2.24) is 5.43 Å². The topological polar surface area (TPSA) is 79.9 Å². The fraction of sp³-hybridized carbons (Fsp3) is 0.385. The second-order valence-electron chi connectivity index (χ2n) is 4.36. The number of hydrazone groups is 1. The number of aliphatic imine (C=N–C) groups is 1. The summed E-state index contributed by atoms with van der Waals surface area (Å²) in [5.41, 5.74) is 3.66. The molecule has 0 aromatic heterocycles. The minimum atomic E-state index is -0.417. The van der Waals surface area contributed by atoms with E-state index in [-0.39, 0.29) is 5.69 Å². The van der Waals surface area contributed by atoms with Crippen LogP contribution in [0.4, 0.5) is 5.69 Å². The molecule has 0 saturated heterocycles. The fourth-order valence-corrected chi connectivity index (χ4v) is 1.87. The monoisotopic (exact) mass is 260 g/mol. The second kappa shape index (κ2) is 6.63. The highest BCUT2D eigenvalue weighted by molar-refractivity contribution is 5.85. The lowest BCUT2D eigenvalue weighted by molar-refractivity contribution is -0.384. The number of hydrogen-bond donors (Lipinski definition) is 1. The van der Waals surface area contributed by atoms with E-state index < -0.39 is 4.92 Å². The maximum Gasteiger partial charge on any atom is 0.270 e. The molecule has 2 rings (SSSR count). The van der Waals surface area contributed by atoms with Crippen LogP contribution in [0.5, 0.6) is 0 Å². The number of nitro groups is 1. The summed E-state index contributed by atoms with van der Waals surface area (Å²) in [6.07, 6.45) is 5.92. The SMILES string of the molecule is O=[N+]([O-])c1cccc(/C=N/NC2=NCCCCC2)c1. The van der Waals surface area contributed by atoms with Gasteiger partial charge in [0.05, 0.1) is 11.1 Å². The number of benzene rings is 1. The van der Waals surface area contributed by atoms with Crippen LogP contribution >= 0.6 is 0 Å². The Morgan fingerprint density at radius 1 is 1.37 bits per heavy atom. The Morgan fingerprint density at radius 2 is 2.26 bits per heavy atom. The lowest BCUT2D eigenvalue weighted by Crippen LogP contribution is -2.17. The van der Waals surface area contributed by atoms with Gasteiger partial charge < -0.3 is 0 Å². The number of non-ortho nitro benzene ring substituents is 1. The van der Waals surface area contributed by atoms with Crippen molar-refractivity contribution in [3.05, 3.63) is 39.9 Å². The van der Waals surface area contributed by atoms with Gasteiger partial charge in [-0.15, -0.1) is 0 Å². The van der Waals surface area contributed by atoms with Crippen LogP contribution in [0.3, 0.4) is 0 Å². The van der Waals surface area contributed by atoms with Gasteiger partial charge in [-0.3, -0.25) is 20.5 Å². The molecular formula is C13H16N4O2. The molecule has 1 aromatic carbocycles. The van der Waals surface area contributed by atoms with Crippen LogP contribution in [0, 0.1) is 10.1 Å². The molecule has 0 spiro atoms. The van der Waals surface area contributed by atoms with Gasteiger partial charge in [-0.1, -0.05) is 18.6 Å². The van der Waals surface area contributed by atoms with Crippen LogP contribution in [-0.2, 0) is 0 Å². The molecule has 1 aromatic rings. The predicted molar refractivity (Wildman–Crippen MR) is 74.6 cm³/mol. The summed E-state index contributed by atoms with van der Waals surface area (Å²) >= 11 is 0. The van der Waals surface area contributed by atoms with Gasteiger partial charge >= 0.3 is 0 Å². The van der Waals surface area contributed by atoms with E-state index in [1.54, 1.807) is 18.3 Å². The zero-order chi connectivity index (χ0) is 13.5. The van der Waals surface area contributed by atoms with Crippen LogP contribution in [0.2, 0.25) is 0 Å². The van der Waals surface area contributed by atoms with E-state index in [9.17, 15) is 10.1 Å². The van der Waals surface area contributed by atoms with Crippen molar-refractivity contribution in [3.63, 3.8) is 0 Å². The number of nitrogens with zero attached hydrogens (tertiary/aromatic N) is 3. The highest BCUT2D eigenvalue weighted by Gasteiger charge is 2.04. The lowest BCUT2D eigenvalue weighted by Gasteiger charge is -2.01. The van der Waals surface area contributed by atoms with E-state index in [1.807, 2.05) is 0 Å². The summed E-state index contributed by atoms with van der Waals surface area (Å²) in [6.45, 7) is 0.842. The molecule has 0 radical (unpaired) electrons. The summed E-state index contributed by atoms with van der Waals surface area (Å²) in [5, 5.41) is 14.7. The van der Waals surface area contributed by atoms with Gasteiger partial charge in [0.25, 0.3) is 5.69 Å². The van der Waals surface area contributed by atoms with Gasteiger partial charge in [-0.2, -0.15) is 5.10 Å². The Morgan fingerprint density at radius 3 is 3.11 bits per heavy atom. The molecule has 19 heavy (non-hydrogen) atoms. The quantitative estimate of drug-likeness (QED) is 0.515. The van der Waals surface area contributed by atoms with Crippen LogP contribution in [-0.4, -0.2) is 23.5 Å². The summed E-state index contributed by atoms with van der Waals surface area (Å²) < 4.78 is 0.